The molecular weight excluding hydrogens is 362 g/mol. The summed E-state index contributed by atoms with van der Waals surface area (Å²) in [6.07, 6.45) is 2.10. The molecule has 1 heterocycles. The van der Waals surface area contributed by atoms with E-state index in [0.29, 0.717) is 0 Å². The highest BCUT2D eigenvalue weighted by atomic mass is 14.7. The van der Waals surface area contributed by atoms with Crippen LogP contribution in [-0.2, 0) is 12.8 Å². The first kappa shape index (κ1) is 16.1. The molecule has 4 aromatic carbocycles. The number of aromatic nitrogens is 1. The molecule has 0 amide bonds. The van der Waals surface area contributed by atoms with Gasteiger partial charge in [0, 0.05) is 16.7 Å². The lowest BCUT2D eigenvalue weighted by Gasteiger charge is -2.24. The van der Waals surface area contributed by atoms with Crippen molar-refractivity contribution in [1.29, 1.82) is 0 Å². The van der Waals surface area contributed by atoms with Crippen LogP contribution in [-0.4, -0.2) is 4.98 Å². The largest absolute Gasteiger partial charge is 0.247 e. The highest BCUT2D eigenvalue weighted by Gasteiger charge is 2.31. The zero-order valence-corrected chi connectivity index (χ0v) is 16.5. The first-order valence-corrected chi connectivity index (χ1v) is 10.6. The Morgan fingerprint density at radius 3 is 2.13 bits per heavy atom. The van der Waals surface area contributed by atoms with E-state index in [0.717, 1.165) is 18.5 Å². The maximum absolute atomic E-state index is 5.36. The van der Waals surface area contributed by atoms with Gasteiger partial charge >= 0.3 is 0 Å². The topological polar surface area (TPSA) is 12.9 Å². The van der Waals surface area contributed by atoms with Crippen molar-refractivity contribution in [2.45, 2.75) is 12.8 Å². The molecule has 0 bridgehead atoms. The smallest absolute Gasteiger partial charge is 0.0801 e. The molecule has 1 heteroatoms. The maximum Gasteiger partial charge on any atom is 0.0801 e. The molecule has 0 saturated heterocycles. The summed E-state index contributed by atoms with van der Waals surface area (Å²) in [5, 5.41) is 2.63. The minimum atomic E-state index is 1.03. The van der Waals surface area contributed by atoms with Crippen molar-refractivity contribution in [2.75, 3.05) is 0 Å². The molecule has 0 aliphatic heterocycles. The van der Waals surface area contributed by atoms with Gasteiger partial charge in [0.05, 0.1) is 11.4 Å². The lowest BCUT2D eigenvalue weighted by molar-refractivity contribution is 0.931. The number of rotatable bonds is 1. The Labute approximate surface area is 175 Å². The summed E-state index contributed by atoms with van der Waals surface area (Å²) in [4.78, 5) is 5.36. The van der Waals surface area contributed by atoms with E-state index in [-0.39, 0.29) is 0 Å². The van der Waals surface area contributed by atoms with Crippen LogP contribution in [0.25, 0.3) is 55.5 Å². The number of hydrogen-bond donors (Lipinski definition) is 0. The molecule has 7 rings (SSSR count). The third-order valence-electron chi connectivity index (χ3n) is 6.71. The van der Waals surface area contributed by atoms with Crippen molar-refractivity contribution in [3.8, 4) is 44.8 Å². The number of benzene rings is 4. The van der Waals surface area contributed by atoms with Gasteiger partial charge in [0.15, 0.2) is 0 Å². The van der Waals surface area contributed by atoms with Gasteiger partial charge in [-0.15, -0.1) is 0 Å². The second-order valence-electron chi connectivity index (χ2n) is 8.27. The monoisotopic (exact) mass is 381 g/mol. The Kier molecular flexibility index (Phi) is 3.17. The van der Waals surface area contributed by atoms with E-state index < -0.39 is 0 Å². The Morgan fingerprint density at radius 1 is 0.533 bits per heavy atom. The predicted molar refractivity (Wildman–Crippen MR) is 124 cm³/mol. The number of aryl methyl sites for hydroxylation is 1. The van der Waals surface area contributed by atoms with E-state index in [9.17, 15) is 0 Å². The molecule has 0 radical (unpaired) electrons. The number of pyridine rings is 1. The Balaban J connectivity index is 1.68. The van der Waals surface area contributed by atoms with Crippen LogP contribution >= 0.6 is 0 Å². The molecule has 140 valence electrons. The van der Waals surface area contributed by atoms with E-state index in [4.69, 9.17) is 4.98 Å². The molecular formula is C29H19N. The fourth-order valence-corrected chi connectivity index (χ4v) is 5.45. The first-order valence-electron chi connectivity index (χ1n) is 10.6. The van der Waals surface area contributed by atoms with Crippen molar-refractivity contribution < 1.29 is 0 Å². The van der Waals surface area contributed by atoms with Crippen LogP contribution in [0, 0.1) is 0 Å². The molecule has 30 heavy (non-hydrogen) atoms. The van der Waals surface area contributed by atoms with E-state index in [2.05, 4.69) is 91.0 Å². The van der Waals surface area contributed by atoms with Crippen molar-refractivity contribution in [2.24, 2.45) is 0 Å². The molecule has 0 atom stereocenters. The van der Waals surface area contributed by atoms with Gasteiger partial charge in [-0.1, -0.05) is 91.0 Å². The summed E-state index contributed by atoms with van der Waals surface area (Å²) in [7, 11) is 0. The first-order chi connectivity index (χ1) is 14.9. The minimum Gasteiger partial charge on any atom is -0.247 e. The standard InChI is InChI=1S/C29H19N/c1-2-9-20(10-3-1)26-24-17-16-18-8-4-5-13-21(18)28(24)30-29-23-15-7-12-19-11-6-14-22(25(19)23)27(26)29/h1-15H,16-17H2. The van der Waals surface area contributed by atoms with E-state index >= 15 is 0 Å². The van der Waals surface area contributed by atoms with Crippen molar-refractivity contribution in [1.82, 2.24) is 4.98 Å². The van der Waals surface area contributed by atoms with Crippen LogP contribution in [0.4, 0.5) is 0 Å². The number of nitrogens with zero attached hydrogens (tertiary/aromatic N) is 1. The summed E-state index contributed by atoms with van der Waals surface area (Å²) in [5.41, 5.74) is 13.0. The van der Waals surface area contributed by atoms with Crippen LogP contribution in [0.2, 0.25) is 0 Å². The van der Waals surface area contributed by atoms with E-state index in [1.165, 1.54) is 61.0 Å². The molecule has 2 aliphatic rings. The molecule has 0 saturated carbocycles. The zero-order chi connectivity index (χ0) is 19.7. The van der Waals surface area contributed by atoms with Crippen molar-refractivity contribution >= 4 is 10.8 Å². The molecule has 2 aliphatic carbocycles. The molecule has 5 aromatic rings. The summed E-state index contributed by atoms with van der Waals surface area (Å²) in [6, 6.07) is 32.9. The van der Waals surface area contributed by atoms with Crippen LogP contribution in [0.1, 0.15) is 11.1 Å². The van der Waals surface area contributed by atoms with Crippen molar-refractivity contribution in [3.63, 3.8) is 0 Å². The van der Waals surface area contributed by atoms with Gasteiger partial charge in [-0.2, -0.15) is 0 Å². The molecule has 1 nitrogen and oxygen atoms in total. The van der Waals surface area contributed by atoms with Crippen LogP contribution in [0.5, 0.6) is 0 Å². The SMILES string of the molecule is c1ccc(-c2c3c(nc4c2-c2cccc5cccc-4c25)-c2ccccc2CC3)cc1. The van der Waals surface area contributed by atoms with Crippen LogP contribution in [0.3, 0.4) is 0 Å². The van der Waals surface area contributed by atoms with Gasteiger partial charge in [-0.25, -0.2) is 4.98 Å². The van der Waals surface area contributed by atoms with Gasteiger partial charge in [0.2, 0.25) is 0 Å². The van der Waals surface area contributed by atoms with Gasteiger partial charge in [0.25, 0.3) is 0 Å². The minimum absolute atomic E-state index is 1.03. The molecule has 0 unspecified atom stereocenters. The highest BCUT2D eigenvalue weighted by Crippen LogP contribution is 2.53. The summed E-state index contributed by atoms with van der Waals surface area (Å²) < 4.78 is 0. The fourth-order valence-electron chi connectivity index (χ4n) is 5.45. The second-order valence-corrected chi connectivity index (χ2v) is 8.27. The highest BCUT2D eigenvalue weighted by molar-refractivity contribution is 6.18. The molecule has 0 spiro atoms. The maximum atomic E-state index is 5.36. The third kappa shape index (κ3) is 2.04. The van der Waals surface area contributed by atoms with Crippen molar-refractivity contribution in [3.05, 3.63) is 102 Å². The second kappa shape index (κ2) is 5.90. The fraction of sp³-hybridized carbons (Fsp3) is 0.0690. The van der Waals surface area contributed by atoms with Gasteiger partial charge in [-0.05, 0) is 51.4 Å². The summed E-state index contributed by atoms with van der Waals surface area (Å²) in [5.74, 6) is 0. The van der Waals surface area contributed by atoms with Gasteiger partial charge < -0.3 is 0 Å². The third-order valence-corrected chi connectivity index (χ3v) is 6.71. The summed E-state index contributed by atoms with van der Waals surface area (Å²) >= 11 is 0. The average Bonchev–Trinajstić information content (AvgIpc) is 3.14. The molecule has 0 fully saturated rings. The lowest BCUT2D eigenvalue weighted by Crippen LogP contribution is -2.09. The van der Waals surface area contributed by atoms with Gasteiger partial charge in [0.1, 0.15) is 0 Å². The normalized spacial score (nSPS) is 13.1. The quantitative estimate of drug-likeness (QED) is 0.291. The predicted octanol–water partition coefficient (Wildman–Crippen LogP) is 7.31. The Morgan fingerprint density at radius 2 is 1.27 bits per heavy atom. The zero-order valence-electron chi connectivity index (χ0n) is 16.5. The lowest BCUT2D eigenvalue weighted by atomic mass is 9.82. The van der Waals surface area contributed by atoms with Gasteiger partial charge in [-0.3, -0.25) is 0 Å². The number of fused-ring (bicyclic) bond motifs is 6. The number of hydrogen-bond acceptors (Lipinski definition) is 1. The van der Waals surface area contributed by atoms with Crippen LogP contribution in [0.15, 0.2) is 91.0 Å². The summed E-state index contributed by atoms with van der Waals surface area (Å²) in [6.45, 7) is 0. The average molecular weight is 381 g/mol. The van der Waals surface area contributed by atoms with Crippen LogP contribution < -0.4 is 0 Å². The Bertz CT molecular complexity index is 1470. The van der Waals surface area contributed by atoms with E-state index in [1.54, 1.807) is 0 Å². The molecule has 1 aromatic heterocycles. The van der Waals surface area contributed by atoms with E-state index in [1.807, 2.05) is 0 Å². The molecule has 0 N–H and O–H groups in total. The Hall–Kier alpha value is -3.71.